The molecule has 10 nitrogen and oxygen atoms in total. The summed E-state index contributed by atoms with van der Waals surface area (Å²) in [4.78, 5) is 34.7. The fourth-order valence-electron chi connectivity index (χ4n) is 25.7. The van der Waals surface area contributed by atoms with Gasteiger partial charge in [0.2, 0.25) is 0 Å². The molecule has 0 amide bonds. The van der Waals surface area contributed by atoms with Crippen molar-refractivity contribution in [1.29, 1.82) is 0 Å². The molecule has 31 rings (SSSR count). The van der Waals surface area contributed by atoms with E-state index in [1.54, 1.807) is 0 Å². The summed E-state index contributed by atoms with van der Waals surface area (Å²) < 4.78 is 9.80. The minimum Gasteiger partial charge on any atom is -0.294 e. The van der Waals surface area contributed by atoms with E-state index in [4.69, 9.17) is 29.9 Å². The molecule has 9 heterocycles. The molecule has 0 N–H and O–H groups in total. The zero-order valence-electron chi connectivity index (χ0n) is 75.8. The number of para-hydroxylation sites is 4. The summed E-state index contributed by atoms with van der Waals surface area (Å²) in [6, 6.07) is 137. The SMILES string of the molecule is CC1(C)c2ccccc2-c2cc3c(cc21)C(c1nc(-n2c4ccccc4c4cc5c(cc42)C(C)(C)c2ccccc2-5)cc(-n2c4ccccc4c4cc5c(cc42)C(C)(C)c2ccccc2-5)n1)c1ccc(-c2cc4ccc2C2(C)c5cc6c(cc5-c5cc7c8ccccc8n(c7cc52)-c2nc(-c5ccccc5)ncc2-4)c2ccccc2n6-c2nc(-c4ccccc4)ncc2-c2ccccc2)cc1-3. The summed E-state index contributed by atoms with van der Waals surface area (Å²) in [6.45, 7) is 16.9. The lowest BCUT2D eigenvalue weighted by Crippen LogP contribution is -2.23. The van der Waals surface area contributed by atoms with Crippen LogP contribution in [0.5, 0.6) is 0 Å². The van der Waals surface area contributed by atoms with Crippen LogP contribution in [0.15, 0.2) is 376 Å². The third kappa shape index (κ3) is 9.98. The van der Waals surface area contributed by atoms with E-state index in [-0.39, 0.29) is 16.2 Å². The van der Waals surface area contributed by atoms with Crippen molar-refractivity contribution in [3.8, 4) is 135 Å². The second kappa shape index (κ2) is 26.8. The van der Waals surface area contributed by atoms with Crippen LogP contribution in [0.3, 0.4) is 0 Å². The topological polar surface area (TPSA) is 97.1 Å². The van der Waals surface area contributed by atoms with E-state index in [2.05, 4.69) is 437 Å². The Morgan fingerprint density at radius 1 is 0.206 bits per heavy atom. The lowest BCUT2D eigenvalue weighted by atomic mass is 9.71. The van der Waals surface area contributed by atoms with Crippen molar-refractivity contribution in [2.45, 2.75) is 76.0 Å². The van der Waals surface area contributed by atoms with Crippen LogP contribution >= 0.6 is 0 Å². The van der Waals surface area contributed by atoms with Crippen LogP contribution < -0.4 is 0 Å². The standard InChI is InChI=1S/C126H84N10/c1-123(2)98-44-24-17-37-75(98)86-57-85-84-56-73(51-53-82(84)117(95(85)62-102(86)123)120-129-115(133-107-47-27-20-40-78(107)91-58-87-76-38-18-25-45-99(76)124(3,4)103(87)63-111(91)133)67-116(130-120)134-108-48-28-21-41-79(108)92-59-88-77-39-19-26-46-100(77)125(5,6)104(88)64-112(92)134)83-55-74-52-54-101(83)126(7)105-65-113-93(80-42-22-29-49-109(80)135(113)121-96(70-31-11-8-12-32-70)68-127-118(131-121)71-33-13-9-14-34-71)60-89(105)90-61-94-81-43-23-30-50-110(81)136(114(94)66-106(90)126)122-97(74)69-128-119(132-122)72-35-15-10-16-36-72/h8-69,117H,1-7H3. The smallest absolute Gasteiger partial charge is 0.161 e. The maximum absolute atomic E-state index is 6.30. The molecule has 7 aromatic heterocycles. The third-order valence-electron chi connectivity index (χ3n) is 32.2. The Morgan fingerprint density at radius 3 is 1.01 bits per heavy atom. The van der Waals surface area contributed by atoms with E-state index >= 15 is 0 Å². The lowest BCUT2D eigenvalue weighted by molar-refractivity contribution is 0.659. The van der Waals surface area contributed by atoms with Crippen molar-refractivity contribution in [3.05, 3.63) is 443 Å². The fraction of sp³-hybridized carbons (Fsp3) is 0.0952. The van der Waals surface area contributed by atoms with Gasteiger partial charge in [-0.2, -0.15) is 0 Å². The normalized spacial score (nSPS) is 15.9. The van der Waals surface area contributed by atoms with Gasteiger partial charge in [-0.05, 0) is 237 Å². The molecule has 638 valence electrons. The summed E-state index contributed by atoms with van der Waals surface area (Å²) in [6.07, 6.45) is 4.11. The minimum absolute atomic E-state index is 0.277. The first-order valence-corrected chi connectivity index (χ1v) is 47.5. The van der Waals surface area contributed by atoms with Crippen LogP contribution in [0.2, 0.25) is 0 Å². The number of benzene rings is 17. The van der Waals surface area contributed by atoms with Gasteiger partial charge in [-0.1, -0.05) is 308 Å². The Kier molecular flexibility index (Phi) is 14.9. The van der Waals surface area contributed by atoms with Gasteiger partial charge in [0.1, 0.15) is 29.1 Å². The number of hydrogen-bond donors (Lipinski definition) is 0. The predicted octanol–water partition coefficient (Wildman–Crippen LogP) is 30.5. The first-order valence-electron chi connectivity index (χ1n) is 47.5. The summed E-state index contributed by atoms with van der Waals surface area (Å²) in [7, 11) is 0. The van der Waals surface area contributed by atoms with E-state index in [0.717, 1.165) is 156 Å². The first kappa shape index (κ1) is 75.8. The molecule has 5 aliphatic carbocycles. The molecule has 17 aromatic carbocycles. The fourth-order valence-corrected chi connectivity index (χ4v) is 25.7. The Labute approximate surface area is 784 Å². The van der Waals surface area contributed by atoms with E-state index in [1.807, 2.05) is 6.20 Å². The Balaban J connectivity index is 0.696. The van der Waals surface area contributed by atoms with E-state index in [0.29, 0.717) is 17.5 Å². The first-order chi connectivity index (χ1) is 66.6. The Morgan fingerprint density at radius 2 is 0.551 bits per heavy atom. The van der Waals surface area contributed by atoms with E-state index in [9.17, 15) is 0 Å². The molecule has 136 heavy (non-hydrogen) atoms. The van der Waals surface area contributed by atoms with Crippen LogP contribution in [-0.4, -0.2) is 48.2 Å². The van der Waals surface area contributed by atoms with Gasteiger partial charge in [0, 0.05) is 105 Å². The predicted molar refractivity (Wildman–Crippen MR) is 554 cm³/mol. The molecule has 0 radical (unpaired) electrons. The van der Waals surface area contributed by atoms with Crippen molar-refractivity contribution in [2.24, 2.45) is 0 Å². The van der Waals surface area contributed by atoms with Gasteiger partial charge >= 0.3 is 0 Å². The van der Waals surface area contributed by atoms with Gasteiger partial charge in [-0.3, -0.25) is 18.3 Å². The number of fused-ring (bicyclic) bond motifs is 27. The number of hydrogen-bond acceptors (Lipinski definition) is 6. The van der Waals surface area contributed by atoms with Crippen molar-refractivity contribution < 1.29 is 0 Å². The van der Waals surface area contributed by atoms with Gasteiger partial charge in [0.15, 0.2) is 11.6 Å². The number of aromatic nitrogens is 10. The second-order valence-corrected chi connectivity index (χ2v) is 40.1. The average Bonchev–Trinajstić information content (AvgIpc) is 1.52. The van der Waals surface area contributed by atoms with Gasteiger partial charge in [-0.25, -0.2) is 29.9 Å². The monoisotopic (exact) mass is 1740 g/mol. The van der Waals surface area contributed by atoms with E-state index in [1.165, 1.54) is 116 Å². The number of rotatable bonds is 8. The van der Waals surface area contributed by atoms with Crippen molar-refractivity contribution in [3.63, 3.8) is 0 Å². The molecule has 10 heteroatoms. The summed E-state index contributed by atoms with van der Waals surface area (Å²) >= 11 is 0. The van der Waals surface area contributed by atoms with Gasteiger partial charge in [0.05, 0.1) is 50.1 Å². The highest BCUT2D eigenvalue weighted by Crippen LogP contribution is 2.63. The quantitative estimate of drug-likeness (QED) is 0.150. The van der Waals surface area contributed by atoms with Crippen molar-refractivity contribution in [2.75, 3.05) is 0 Å². The molecule has 0 fully saturated rings. The Hall–Kier alpha value is -16.8. The number of nitrogens with zero attached hydrogens (tertiary/aromatic N) is 10. The lowest BCUT2D eigenvalue weighted by Gasteiger charge is -2.31. The maximum atomic E-state index is 6.30. The van der Waals surface area contributed by atoms with E-state index < -0.39 is 11.3 Å². The van der Waals surface area contributed by atoms with Crippen LogP contribution in [0.4, 0.5) is 0 Å². The third-order valence-corrected chi connectivity index (χ3v) is 32.2. The zero-order valence-corrected chi connectivity index (χ0v) is 75.8. The highest BCUT2D eigenvalue weighted by molar-refractivity contribution is 6.18. The molecule has 0 saturated heterocycles. The summed E-state index contributed by atoms with van der Waals surface area (Å²) in [5.41, 5.74) is 40.9. The van der Waals surface area contributed by atoms with Crippen LogP contribution in [0.1, 0.15) is 121 Å². The van der Waals surface area contributed by atoms with Crippen molar-refractivity contribution in [1.82, 2.24) is 48.2 Å². The molecule has 2 aliphatic heterocycles. The van der Waals surface area contributed by atoms with Crippen LogP contribution in [-0.2, 0) is 21.7 Å². The highest BCUT2D eigenvalue weighted by atomic mass is 15.2. The van der Waals surface area contributed by atoms with Gasteiger partial charge < -0.3 is 0 Å². The zero-order chi connectivity index (χ0) is 90.0. The average molecular weight is 1740 g/mol. The van der Waals surface area contributed by atoms with Crippen LogP contribution in [0, 0.1) is 0 Å². The molecular formula is C126H84N10. The molecular weight excluding hydrogens is 1650 g/mol. The molecule has 2 atom stereocenters. The Bertz CT molecular complexity index is 9350. The summed E-state index contributed by atoms with van der Waals surface area (Å²) in [5.74, 6) is 4.76. The minimum atomic E-state index is -0.844. The van der Waals surface area contributed by atoms with Crippen LogP contribution in [0.25, 0.3) is 222 Å². The second-order valence-electron chi connectivity index (χ2n) is 40.1. The molecule has 0 spiro atoms. The maximum Gasteiger partial charge on any atom is 0.161 e. The molecule has 7 aliphatic rings. The molecule has 0 saturated carbocycles. The summed E-state index contributed by atoms with van der Waals surface area (Å²) in [5, 5.41) is 9.26. The molecule has 24 aromatic rings. The molecule has 4 bridgehead atoms. The van der Waals surface area contributed by atoms with Gasteiger partial charge in [0.25, 0.3) is 0 Å². The molecule has 2 unspecified atom stereocenters. The van der Waals surface area contributed by atoms with Gasteiger partial charge in [-0.15, -0.1) is 0 Å². The largest absolute Gasteiger partial charge is 0.294 e. The highest BCUT2D eigenvalue weighted by Gasteiger charge is 2.48. The van der Waals surface area contributed by atoms with Crippen molar-refractivity contribution >= 4 is 87.2 Å².